The Morgan fingerprint density at radius 1 is 1.58 bits per heavy atom. The minimum Gasteiger partial charge on any atom is -0.339 e. The zero-order chi connectivity index (χ0) is 13.5. The van der Waals surface area contributed by atoms with Crippen LogP contribution in [0.3, 0.4) is 0 Å². The molecule has 2 heterocycles. The molecule has 1 aromatic heterocycles. The lowest BCUT2D eigenvalue weighted by atomic mass is 9.98. The maximum absolute atomic E-state index is 12.1. The number of nitrogens with zero attached hydrogens (tertiary/aromatic N) is 2. The van der Waals surface area contributed by atoms with Gasteiger partial charge in [0.2, 0.25) is 5.91 Å². The molecule has 1 aromatic rings. The van der Waals surface area contributed by atoms with E-state index in [4.69, 9.17) is 0 Å². The number of pyridine rings is 1. The van der Waals surface area contributed by atoms with Crippen molar-refractivity contribution in [2.45, 2.75) is 12.8 Å². The lowest BCUT2D eigenvalue weighted by Crippen LogP contribution is -2.41. The van der Waals surface area contributed by atoms with Crippen LogP contribution in [0.2, 0.25) is 0 Å². The van der Waals surface area contributed by atoms with Gasteiger partial charge in [0.15, 0.2) is 0 Å². The number of hydrogen-bond donors (Lipinski definition) is 1. The molecule has 2 rings (SSSR count). The Morgan fingerprint density at radius 2 is 2.47 bits per heavy atom. The second-order valence-electron chi connectivity index (χ2n) is 4.94. The van der Waals surface area contributed by atoms with E-state index in [-0.39, 0.29) is 5.91 Å². The van der Waals surface area contributed by atoms with E-state index in [1.165, 1.54) is 6.42 Å². The van der Waals surface area contributed by atoms with Crippen LogP contribution < -0.4 is 5.32 Å². The number of piperidine rings is 1. The van der Waals surface area contributed by atoms with E-state index >= 15 is 0 Å². The van der Waals surface area contributed by atoms with Crippen molar-refractivity contribution < 1.29 is 4.79 Å². The number of carbonyl (C=O) groups is 1. The van der Waals surface area contributed by atoms with Crippen molar-refractivity contribution in [2.24, 2.45) is 5.92 Å². The smallest absolute Gasteiger partial charge is 0.246 e. The molecule has 1 unspecified atom stereocenters. The van der Waals surface area contributed by atoms with E-state index in [1.54, 1.807) is 18.3 Å². The molecular weight excluding hydrogens is 238 g/mol. The Morgan fingerprint density at radius 3 is 3.21 bits per heavy atom. The Labute approximate surface area is 114 Å². The molecule has 0 bridgehead atoms. The lowest BCUT2D eigenvalue weighted by molar-refractivity contribution is -0.127. The number of rotatable bonds is 4. The molecule has 19 heavy (non-hydrogen) atoms. The van der Waals surface area contributed by atoms with Gasteiger partial charge in [0.05, 0.1) is 5.69 Å². The molecule has 1 aliphatic heterocycles. The van der Waals surface area contributed by atoms with Crippen LogP contribution in [0.15, 0.2) is 30.5 Å². The summed E-state index contributed by atoms with van der Waals surface area (Å²) in [4.78, 5) is 18.2. The molecule has 1 saturated heterocycles. The fourth-order valence-electron chi connectivity index (χ4n) is 2.46. The summed E-state index contributed by atoms with van der Waals surface area (Å²) in [7, 11) is 1.96. The van der Waals surface area contributed by atoms with Crippen molar-refractivity contribution in [1.82, 2.24) is 15.2 Å². The zero-order valence-corrected chi connectivity index (χ0v) is 11.4. The molecule has 102 valence electrons. The van der Waals surface area contributed by atoms with E-state index in [2.05, 4.69) is 10.3 Å². The molecule has 0 aliphatic carbocycles. The quantitative estimate of drug-likeness (QED) is 0.835. The Balaban J connectivity index is 1.90. The van der Waals surface area contributed by atoms with Crippen LogP contribution in [-0.4, -0.2) is 42.5 Å². The van der Waals surface area contributed by atoms with Crippen molar-refractivity contribution >= 4 is 12.0 Å². The topological polar surface area (TPSA) is 45.2 Å². The van der Waals surface area contributed by atoms with E-state index in [1.807, 2.05) is 30.1 Å². The highest BCUT2D eigenvalue weighted by Crippen LogP contribution is 2.16. The standard InChI is InChI=1S/C15H21N3O/c1-16-11-13-5-4-10-18(12-13)15(19)8-7-14-6-2-3-9-17-14/h2-3,6-9,13,16H,4-5,10-12H2,1H3. The van der Waals surface area contributed by atoms with Gasteiger partial charge in [-0.15, -0.1) is 0 Å². The molecule has 0 spiro atoms. The highest BCUT2D eigenvalue weighted by molar-refractivity contribution is 5.91. The summed E-state index contributed by atoms with van der Waals surface area (Å²) in [6, 6.07) is 5.68. The fourth-order valence-corrected chi connectivity index (χ4v) is 2.46. The number of amides is 1. The monoisotopic (exact) mass is 259 g/mol. The second kappa shape index (κ2) is 7.04. The molecule has 1 aliphatic rings. The summed E-state index contributed by atoms with van der Waals surface area (Å²) in [5.41, 5.74) is 0.819. The van der Waals surface area contributed by atoms with Crippen LogP contribution >= 0.6 is 0 Å². The van der Waals surface area contributed by atoms with E-state index in [9.17, 15) is 4.79 Å². The number of aromatic nitrogens is 1. The highest BCUT2D eigenvalue weighted by Gasteiger charge is 2.21. The van der Waals surface area contributed by atoms with Gasteiger partial charge in [-0.1, -0.05) is 6.07 Å². The van der Waals surface area contributed by atoms with Gasteiger partial charge < -0.3 is 10.2 Å². The minimum absolute atomic E-state index is 0.0893. The summed E-state index contributed by atoms with van der Waals surface area (Å²) in [5, 5.41) is 3.19. The molecular formula is C15H21N3O. The molecule has 1 N–H and O–H groups in total. The average Bonchev–Trinajstić information content (AvgIpc) is 2.46. The first kappa shape index (κ1) is 13.7. The van der Waals surface area contributed by atoms with E-state index in [0.29, 0.717) is 5.92 Å². The SMILES string of the molecule is CNCC1CCCN(C(=O)C=Cc2ccccn2)C1. The Hall–Kier alpha value is -1.68. The van der Waals surface area contributed by atoms with Crippen molar-refractivity contribution in [3.63, 3.8) is 0 Å². The predicted octanol–water partition coefficient (Wildman–Crippen LogP) is 1.55. The van der Waals surface area contributed by atoms with Crippen LogP contribution in [0.25, 0.3) is 6.08 Å². The second-order valence-corrected chi connectivity index (χ2v) is 4.94. The first-order valence-corrected chi connectivity index (χ1v) is 6.82. The molecule has 1 atom stereocenters. The molecule has 1 amide bonds. The van der Waals surface area contributed by atoms with E-state index < -0.39 is 0 Å². The van der Waals surface area contributed by atoms with Gasteiger partial charge in [0.25, 0.3) is 0 Å². The number of nitrogens with one attached hydrogen (secondary N) is 1. The zero-order valence-electron chi connectivity index (χ0n) is 11.4. The first-order chi connectivity index (χ1) is 9.29. The summed E-state index contributed by atoms with van der Waals surface area (Å²) in [5.74, 6) is 0.664. The summed E-state index contributed by atoms with van der Waals surface area (Å²) in [6.07, 6.45) is 7.44. The summed E-state index contributed by atoms with van der Waals surface area (Å²) < 4.78 is 0. The van der Waals surface area contributed by atoms with Gasteiger partial charge in [0.1, 0.15) is 0 Å². The highest BCUT2D eigenvalue weighted by atomic mass is 16.2. The van der Waals surface area contributed by atoms with Crippen LogP contribution in [0.4, 0.5) is 0 Å². The number of hydrogen-bond acceptors (Lipinski definition) is 3. The lowest BCUT2D eigenvalue weighted by Gasteiger charge is -2.32. The number of likely N-dealkylation sites (tertiary alicyclic amines) is 1. The third kappa shape index (κ3) is 4.17. The van der Waals surface area contributed by atoms with Gasteiger partial charge in [0, 0.05) is 25.4 Å². The fraction of sp³-hybridized carbons (Fsp3) is 0.467. The molecule has 0 saturated carbocycles. The summed E-state index contributed by atoms with van der Waals surface area (Å²) >= 11 is 0. The van der Waals surface area contributed by atoms with E-state index in [0.717, 1.165) is 31.7 Å². The maximum Gasteiger partial charge on any atom is 0.246 e. The van der Waals surface area contributed by atoms with Gasteiger partial charge >= 0.3 is 0 Å². The predicted molar refractivity (Wildman–Crippen MR) is 76.5 cm³/mol. The van der Waals surface area contributed by atoms with Crippen LogP contribution in [-0.2, 0) is 4.79 Å². The van der Waals surface area contributed by atoms with Crippen LogP contribution in [0, 0.1) is 5.92 Å². The first-order valence-electron chi connectivity index (χ1n) is 6.82. The molecule has 0 radical (unpaired) electrons. The van der Waals surface area contributed by atoms with Crippen LogP contribution in [0.5, 0.6) is 0 Å². The van der Waals surface area contributed by atoms with Gasteiger partial charge in [-0.05, 0) is 50.6 Å². The van der Waals surface area contributed by atoms with Crippen LogP contribution in [0.1, 0.15) is 18.5 Å². The van der Waals surface area contributed by atoms with Crippen molar-refractivity contribution in [3.05, 3.63) is 36.2 Å². The third-order valence-electron chi connectivity index (χ3n) is 3.41. The Kier molecular flexibility index (Phi) is 5.10. The van der Waals surface area contributed by atoms with Gasteiger partial charge in [-0.3, -0.25) is 9.78 Å². The Bertz CT molecular complexity index is 428. The van der Waals surface area contributed by atoms with Gasteiger partial charge in [-0.2, -0.15) is 0 Å². The number of carbonyl (C=O) groups excluding carboxylic acids is 1. The summed E-state index contributed by atoms with van der Waals surface area (Å²) in [6.45, 7) is 2.70. The molecule has 4 nitrogen and oxygen atoms in total. The minimum atomic E-state index is 0.0893. The van der Waals surface area contributed by atoms with Crippen molar-refractivity contribution in [1.29, 1.82) is 0 Å². The molecule has 0 aromatic carbocycles. The normalized spacial score (nSPS) is 19.8. The average molecular weight is 259 g/mol. The maximum atomic E-state index is 12.1. The molecule has 1 fully saturated rings. The third-order valence-corrected chi connectivity index (χ3v) is 3.41. The largest absolute Gasteiger partial charge is 0.339 e. The van der Waals surface area contributed by atoms with Gasteiger partial charge in [-0.25, -0.2) is 0 Å². The van der Waals surface area contributed by atoms with Crippen molar-refractivity contribution in [2.75, 3.05) is 26.7 Å². The molecule has 4 heteroatoms. The van der Waals surface area contributed by atoms with Crippen molar-refractivity contribution in [3.8, 4) is 0 Å².